The molecule has 84 valence electrons. The van der Waals surface area contributed by atoms with Crippen LogP contribution in [0.25, 0.3) is 0 Å². The summed E-state index contributed by atoms with van der Waals surface area (Å²) in [6, 6.07) is 6.49. The lowest BCUT2D eigenvalue weighted by molar-refractivity contribution is 0.282. The standard InChI is InChI=1S/C12H11ClFNO/c13-11-5-9(1-2-12(11)14)6-15-4-3-10(7-15)8-16/h1-5,7,16H,6,8H2. The molecule has 0 bridgehead atoms. The molecule has 0 aliphatic carbocycles. The fourth-order valence-electron chi connectivity index (χ4n) is 1.53. The summed E-state index contributed by atoms with van der Waals surface area (Å²) in [6.45, 7) is 0.636. The highest BCUT2D eigenvalue weighted by molar-refractivity contribution is 6.30. The van der Waals surface area contributed by atoms with Crippen molar-refractivity contribution in [3.8, 4) is 0 Å². The molecule has 0 saturated carbocycles. The number of aliphatic hydroxyl groups is 1. The maximum Gasteiger partial charge on any atom is 0.141 e. The Labute approximate surface area is 97.9 Å². The van der Waals surface area contributed by atoms with Crippen molar-refractivity contribution in [1.82, 2.24) is 4.57 Å². The van der Waals surface area contributed by atoms with Gasteiger partial charge < -0.3 is 9.67 Å². The Morgan fingerprint density at radius 2 is 2.06 bits per heavy atom. The second-order valence-corrected chi connectivity index (χ2v) is 4.01. The lowest BCUT2D eigenvalue weighted by Gasteiger charge is -2.04. The van der Waals surface area contributed by atoms with Crippen LogP contribution in [0.3, 0.4) is 0 Å². The molecule has 1 aromatic carbocycles. The predicted octanol–water partition coefficient (Wildman–Crippen LogP) is 2.82. The first-order valence-electron chi connectivity index (χ1n) is 4.88. The van der Waals surface area contributed by atoms with E-state index in [-0.39, 0.29) is 11.6 Å². The first-order chi connectivity index (χ1) is 7.69. The SMILES string of the molecule is OCc1ccn(Cc2ccc(F)c(Cl)c2)c1. The van der Waals surface area contributed by atoms with Crippen LogP contribution in [-0.4, -0.2) is 9.67 Å². The third-order valence-corrected chi connectivity index (χ3v) is 2.63. The van der Waals surface area contributed by atoms with Crippen LogP contribution in [0.5, 0.6) is 0 Å². The summed E-state index contributed by atoms with van der Waals surface area (Å²) in [5.74, 6) is -0.408. The van der Waals surface area contributed by atoms with Crippen molar-refractivity contribution in [2.45, 2.75) is 13.2 Å². The van der Waals surface area contributed by atoms with Gasteiger partial charge in [-0.15, -0.1) is 0 Å². The Kier molecular flexibility index (Phi) is 3.27. The summed E-state index contributed by atoms with van der Waals surface area (Å²) in [7, 11) is 0. The van der Waals surface area contributed by atoms with Gasteiger partial charge in [0.15, 0.2) is 0 Å². The number of hydrogen-bond acceptors (Lipinski definition) is 1. The van der Waals surface area contributed by atoms with E-state index in [1.165, 1.54) is 6.07 Å². The molecule has 0 spiro atoms. The molecule has 1 aromatic heterocycles. The van der Waals surface area contributed by atoms with Gasteiger partial charge in [0.25, 0.3) is 0 Å². The van der Waals surface area contributed by atoms with E-state index in [1.54, 1.807) is 12.1 Å². The molecule has 2 nitrogen and oxygen atoms in total. The number of nitrogens with zero attached hydrogens (tertiary/aromatic N) is 1. The first kappa shape index (κ1) is 11.2. The van der Waals surface area contributed by atoms with E-state index >= 15 is 0 Å². The van der Waals surface area contributed by atoms with Crippen LogP contribution in [0.15, 0.2) is 36.7 Å². The average Bonchev–Trinajstić information content (AvgIpc) is 2.71. The summed E-state index contributed by atoms with van der Waals surface area (Å²) in [5.41, 5.74) is 1.78. The van der Waals surface area contributed by atoms with Crippen molar-refractivity contribution >= 4 is 11.6 Å². The Bertz CT molecular complexity index is 496. The lowest BCUT2D eigenvalue weighted by atomic mass is 10.2. The number of aliphatic hydroxyl groups excluding tert-OH is 1. The summed E-state index contributed by atoms with van der Waals surface area (Å²) in [5, 5.41) is 9.05. The monoisotopic (exact) mass is 239 g/mol. The molecular formula is C12H11ClFNO. The summed E-state index contributed by atoms with van der Waals surface area (Å²) in [4.78, 5) is 0. The molecule has 16 heavy (non-hydrogen) atoms. The van der Waals surface area contributed by atoms with Crippen LogP contribution < -0.4 is 0 Å². The summed E-state index contributed by atoms with van der Waals surface area (Å²) < 4.78 is 14.8. The van der Waals surface area contributed by atoms with Crippen LogP contribution >= 0.6 is 11.6 Å². The number of benzene rings is 1. The quantitative estimate of drug-likeness (QED) is 0.876. The van der Waals surface area contributed by atoms with Gasteiger partial charge in [0.05, 0.1) is 11.6 Å². The Morgan fingerprint density at radius 1 is 1.25 bits per heavy atom. The average molecular weight is 240 g/mol. The molecule has 0 aliphatic heterocycles. The maximum atomic E-state index is 12.9. The van der Waals surface area contributed by atoms with E-state index < -0.39 is 5.82 Å². The van der Waals surface area contributed by atoms with E-state index in [4.69, 9.17) is 16.7 Å². The van der Waals surface area contributed by atoms with Gasteiger partial charge in [-0.2, -0.15) is 0 Å². The number of hydrogen-bond donors (Lipinski definition) is 1. The lowest BCUT2D eigenvalue weighted by Crippen LogP contribution is -1.96. The van der Waals surface area contributed by atoms with Gasteiger partial charge in [0.2, 0.25) is 0 Å². The van der Waals surface area contributed by atoms with Gasteiger partial charge in [-0.3, -0.25) is 0 Å². The fraction of sp³-hybridized carbons (Fsp3) is 0.167. The minimum Gasteiger partial charge on any atom is -0.392 e. The third-order valence-electron chi connectivity index (χ3n) is 2.34. The molecule has 0 amide bonds. The highest BCUT2D eigenvalue weighted by atomic mass is 35.5. The molecule has 2 rings (SSSR count). The van der Waals surface area contributed by atoms with E-state index in [0.29, 0.717) is 6.54 Å². The van der Waals surface area contributed by atoms with Crippen molar-refractivity contribution in [3.05, 3.63) is 58.6 Å². The van der Waals surface area contributed by atoms with Crippen molar-refractivity contribution in [2.75, 3.05) is 0 Å². The number of halogens is 2. The largest absolute Gasteiger partial charge is 0.392 e. The molecular weight excluding hydrogens is 229 g/mol. The van der Waals surface area contributed by atoms with Gasteiger partial charge in [0.1, 0.15) is 5.82 Å². The van der Waals surface area contributed by atoms with Crippen LogP contribution in [0.1, 0.15) is 11.1 Å². The van der Waals surface area contributed by atoms with Crippen LogP contribution in [-0.2, 0) is 13.2 Å². The van der Waals surface area contributed by atoms with Crippen molar-refractivity contribution in [2.24, 2.45) is 0 Å². The Morgan fingerprint density at radius 3 is 2.69 bits per heavy atom. The van der Waals surface area contributed by atoms with Crippen molar-refractivity contribution in [1.29, 1.82) is 0 Å². The van der Waals surface area contributed by atoms with Gasteiger partial charge >= 0.3 is 0 Å². The zero-order chi connectivity index (χ0) is 11.5. The molecule has 0 unspecified atom stereocenters. The topological polar surface area (TPSA) is 25.2 Å². The Balaban J connectivity index is 2.17. The maximum absolute atomic E-state index is 12.9. The van der Waals surface area contributed by atoms with Gasteiger partial charge in [-0.25, -0.2) is 4.39 Å². The normalized spacial score (nSPS) is 10.7. The van der Waals surface area contributed by atoms with E-state index in [2.05, 4.69) is 0 Å². The predicted molar refractivity (Wildman–Crippen MR) is 60.9 cm³/mol. The summed E-state index contributed by atoms with van der Waals surface area (Å²) in [6.07, 6.45) is 3.71. The molecule has 0 fully saturated rings. The third kappa shape index (κ3) is 2.43. The summed E-state index contributed by atoms with van der Waals surface area (Å²) >= 11 is 5.69. The van der Waals surface area contributed by atoms with Crippen molar-refractivity contribution in [3.63, 3.8) is 0 Å². The second kappa shape index (κ2) is 4.68. The van der Waals surface area contributed by atoms with Gasteiger partial charge in [-0.05, 0) is 29.3 Å². The molecule has 4 heteroatoms. The van der Waals surface area contributed by atoms with Crippen molar-refractivity contribution < 1.29 is 9.50 Å². The van der Waals surface area contributed by atoms with Gasteiger partial charge in [0, 0.05) is 18.9 Å². The van der Waals surface area contributed by atoms with Crippen LogP contribution in [0, 0.1) is 5.82 Å². The minimum absolute atomic E-state index is 0.0250. The zero-order valence-corrected chi connectivity index (χ0v) is 9.28. The molecule has 1 N–H and O–H groups in total. The highest BCUT2D eigenvalue weighted by Gasteiger charge is 2.02. The van der Waals surface area contributed by atoms with E-state index in [0.717, 1.165) is 11.1 Å². The van der Waals surface area contributed by atoms with Crippen LogP contribution in [0.4, 0.5) is 4.39 Å². The molecule has 0 saturated heterocycles. The fourth-order valence-corrected chi connectivity index (χ4v) is 1.73. The highest BCUT2D eigenvalue weighted by Crippen LogP contribution is 2.17. The minimum atomic E-state index is -0.408. The Hall–Kier alpha value is -1.32. The van der Waals surface area contributed by atoms with Crippen LogP contribution in [0.2, 0.25) is 5.02 Å². The van der Waals surface area contributed by atoms with Gasteiger partial charge in [-0.1, -0.05) is 17.7 Å². The second-order valence-electron chi connectivity index (χ2n) is 3.60. The van der Waals surface area contributed by atoms with E-state index in [1.807, 2.05) is 23.0 Å². The number of rotatable bonds is 3. The molecule has 2 aromatic rings. The molecule has 0 radical (unpaired) electrons. The molecule has 0 atom stereocenters. The first-order valence-corrected chi connectivity index (χ1v) is 5.26. The molecule has 0 aliphatic rings. The number of aromatic nitrogens is 1. The smallest absolute Gasteiger partial charge is 0.141 e. The van der Waals surface area contributed by atoms with E-state index in [9.17, 15) is 4.39 Å². The zero-order valence-electron chi connectivity index (χ0n) is 8.53. The molecule has 1 heterocycles.